The van der Waals surface area contributed by atoms with Crippen LogP contribution in [0.2, 0.25) is 5.28 Å². The van der Waals surface area contributed by atoms with Crippen LogP contribution in [0, 0.1) is 17.0 Å². The lowest BCUT2D eigenvalue weighted by atomic mass is 10.3. The van der Waals surface area contributed by atoms with E-state index in [0.29, 0.717) is 6.54 Å². The Morgan fingerprint density at radius 1 is 1.50 bits per heavy atom. The van der Waals surface area contributed by atoms with E-state index in [0.717, 1.165) is 0 Å². The number of rotatable bonds is 5. The van der Waals surface area contributed by atoms with Gasteiger partial charge in [-0.05, 0) is 25.4 Å². The van der Waals surface area contributed by atoms with Gasteiger partial charge in [0.05, 0.1) is 11.5 Å². The van der Waals surface area contributed by atoms with E-state index in [1.165, 1.54) is 6.92 Å². The average Bonchev–Trinajstić information content (AvgIpc) is 2.25. The Labute approximate surface area is 108 Å². The van der Waals surface area contributed by atoms with Crippen LogP contribution in [-0.2, 0) is 4.79 Å². The molecule has 1 heterocycles. The molecule has 1 aromatic rings. The summed E-state index contributed by atoms with van der Waals surface area (Å²) >= 11 is 5.62. The van der Waals surface area contributed by atoms with Crippen LogP contribution in [0.25, 0.3) is 0 Å². The molecule has 1 amide bonds. The highest BCUT2D eigenvalue weighted by Crippen LogP contribution is 2.26. The Hall–Kier alpha value is -1.96. The van der Waals surface area contributed by atoms with Crippen LogP contribution in [0.3, 0.4) is 0 Å². The quantitative estimate of drug-likeness (QED) is 0.468. The van der Waals surface area contributed by atoms with E-state index in [-0.39, 0.29) is 34.9 Å². The first kappa shape index (κ1) is 14.1. The van der Waals surface area contributed by atoms with Crippen molar-refractivity contribution in [2.75, 3.05) is 18.4 Å². The minimum absolute atomic E-state index is 0.0660. The van der Waals surface area contributed by atoms with Gasteiger partial charge in [0.1, 0.15) is 5.69 Å². The third-order valence-electron chi connectivity index (χ3n) is 2.00. The van der Waals surface area contributed by atoms with E-state index in [1.807, 2.05) is 0 Å². The first-order valence-corrected chi connectivity index (χ1v) is 5.52. The third-order valence-corrected chi connectivity index (χ3v) is 2.17. The van der Waals surface area contributed by atoms with Gasteiger partial charge in [-0.25, -0.2) is 4.98 Å². The van der Waals surface area contributed by atoms with Crippen molar-refractivity contribution in [3.8, 4) is 0 Å². The Kier molecular flexibility index (Phi) is 4.78. The molecule has 0 spiro atoms. The van der Waals surface area contributed by atoms with Crippen molar-refractivity contribution in [3.63, 3.8) is 0 Å². The number of carbonyl (C=O) groups is 1. The van der Waals surface area contributed by atoms with Crippen molar-refractivity contribution >= 4 is 29.0 Å². The fraction of sp³-hybridized carbons (Fsp3) is 0.444. The van der Waals surface area contributed by atoms with E-state index in [4.69, 9.17) is 11.6 Å². The number of nitro groups is 1. The highest BCUT2D eigenvalue weighted by Gasteiger charge is 2.21. The number of aryl methyl sites for hydroxylation is 1. The molecule has 1 aromatic heterocycles. The molecular weight excluding hydrogens is 262 g/mol. The number of aromatic nitrogens is 2. The molecule has 0 saturated heterocycles. The normalized spacial score (nSPS) is 9.94. The van der Waals surface area contributed by atoms with Gasteiger partial charge < -0.3 is 10.6 Å². The van der Waals surface area contributed by atoms with Crippen LogP contribution < -0.4 is 10.6 Å². The van der Waals surface area contributed by atoms with Crippen molar-refractivity contribution < 1.29 is 9.72 Å². The van der Waals surface area contributed by atoms with Crippen LogP contribution in [0.5, 0.6) is 0 Å². The summed E-state index contributed by atoms with van der Waals surface area (Å²) in [5.41, 5.74) is -0.151. The minimum atomic E-state index is -0.619. The number of hydrogen-bond acceptors (Lipinski definition) is 6. The van der Waals surface area contributed by atoms with Gasteiger partial charge in [0, 0.05) is 6.54 Å². The zero-order valence-electron chi connectivity index (χ0n) is 9.86. The average molecular weight is 274 g/mol. The third kappa shape index (κ3) is 3.52. The van der Waals surface area contributed by atoms with Gasteiger partial charge in [-0.15, -0.1) is 0 Å². The van der Waals surface area contributed by atoms with Crippen LogP contribution in [0.4, 0.5) is 11.5 Å². The molecule has 0 aliphatic carbocycles. The fourth-order valence-electron chi connectivity index (χ4n) is 1.30. The lowest BCUT2D eigenvalue weighted by Crippen LogP contribution is -2.29. The smallest absolute Gasteiger partial charge is 0.332 e. The van der Waals surface area contributed by atoms with E-state index >= 15 is 0 Å². The van der Waals surface area contributed by atoms with E-state index in [2.05, 4.69) is 20.6 Å². The maximum Gasteiger partial charge on any atom is 0.332 e. The monoisotopic (exact) mass is 273 g/mol. The molecule has 0 aliphatic rings. The number of hydrogen-bond donors (Lipinski definition) is 2. The van der Waals surface area contributed by atoms with Crippen LogP contribution in [0.15, 0.2) is 0 Å². The van der Waals surface area contributed by atoms with Crippen molar-refractivity contribution in [1.29, 1.82) is 0 Å². The first-order chi connectivity index (χ1) is 8.45. The fourth-order valence-corrected chi connectivity index (χ4v) is 1.51. The molecule has 0 radical (unpaired) electrons. The predicted octanol–water partition coefficient (Wildman–Crippen LogP) is 0.895. The summed E-state index contributed by atoms with van der Waals surface area (Å²) in [7, 11) is 0. The Morgan fingerprint density at radius 2 is 2.17 bits per heavy atom. The minimum Gasteiger partial charge on any atom is -0.355 e. The molecule has 0 fully saturated rings. The van der Waals surface area contributed by atoms with Gasteiger partial charge in [-0.1, -0.05) is 0 Å². The summed E-state index contributed by atoms with van der Waals surface area (Å²) < 4.78 is 0. The second kappa shape index (κ2) is 6.10. The molecule has 0 bridgehead atoms. The van der Waals surface area contributed by atoms with Gasteiger partial charge in [-0.2, -0.15) is 4.98 Å². The molecule has 8 nitrogen and oxygen atoms in total. The first-order valence-electron chi connectivity index (χ1n) is 5.14. The number of likely N-dealkylation sites (N-methyl/N-ethyl adjacent to an activating group) is 1. The van der Waals surface area contributed by atoms with Gasteiger partial charge >= 0.3 is 5.69 Å². The van der Waals surface area contributed by atoms with Gasteiger partial charge in [-0.3, -0.25) is 14.9 Å². The maximum absolute atomic E-state index is 11.2. The molecule has 0 aliphatic heterocycles. The number of halogens is 1. The Morgan fingerprint density at radius 3 is 2.72 bits per heavy atom. The van der Waals surface area contributed by atoms with Gasteiger partial charge in [0.2, 0.25) is 17.0 Å². The zero-order chi connectivity index (χ0) is 13.7. The van der Waals surface area contributed by atoms with Crippen molar-refractivity contribution in [1.82, 2.24) is 15.3 Å². The lowest BCUT2D eigenvalue weighted by Gasteiger charge is -2.07. The highest BCUT2D eigenvalue weighted by atomic mass is 35.5. The summed E-state index contributed by atoms with van der Waals surface area (Å²) in [4.78, 5) is 28.9. The van der Waals surface area contributed by atoms with Crippen LogP contribution >= 0.6 is 11.6 Å². The maximum atomic E-state index is 11.2. The number of nitrogens with one attached hydrogen (secondary N) is 2. The van der Waals surface area contributed by atoms with Crippen molar-refractivity contribution in [2.45, 2.75) is 13.8 Å². The Bertz CT molecular complexity index is 480. The predicted molar refractivity (Wildman–Crippen MR) is 65.6 cm³/mol. The highest BCUT2D eigenvalue weighted by molar-refractivity contribution is 6.28. The molecular formula is C9H12ClN5O3. The number of anilines is 1. The summed E-state index contributed by atoms with van der Waals surface area (Å²) in [6, 6.07) is 0. The van der Waals surface area contributed by atoms with Gasteiger partial charge in [0.25, 0.3) is 0 Å². The molecule has 0 aromatic carbocycles. The summed E-state index contributed by atoms with van der Waals surface area (Å²) in [5, 5.41) is 15.9. The van der Waals surface area contributed by atoms with Crippen LogP contribution in [0.1, 0.15) is 12.6 Å². The molecule has 98 valence electrons. The van der Waals surface area contributed by atoms with Gasteiger partial charge in [0.15, 0.2) is 0 Å². The number of nitrogens with zero attached hydrogens (tertiary/aromatic N) is 3. The lowest BCUT2D eigenvalue weighted by molar-refractivity contribution is -0.385. The van der Waals surface area contributed by atoms with E-state index in [1.54, 1.807) is 6.92 Å². The van der Waals surface area contributed by atoms with E-state index in [9.17, 15) is 14.9 Å². The van der Waals surface area contributed by atoms with E-state index < -0.39 is 4.92 Å². The second-order valence-corrected chi connectivity index (χ2v) is 3.68. The number of amides is 1. The number of carbonyl (C=O) groups excluding carboxylic acids is 1. The molecule has 18 heavy (non-hydrogen) atoms. The molecule has 0 atom stereocenters. The Balaban J connectivity index is 2.93. The molecule has 2 N–H and O–H groups in total. The topological polar surface area (TPSA) is 110 Å². The molecule has 9 heteroatoms. The second-order valence-electron chi connectivity index (χ2n) is 3.34. The largest absolute Gasteiger partial charge is 0.355 e. The summed E-state index contributed by atoms with van der Waals surface area (Å²) in [6.45, 7) is 3.57. The summed E-state index contributed by atoms with van der Waals surface area (Å²) in [5.74, 6) is -0.358. The van der Waals surface area contributed by atoms with Crippen molar-refractivity contribution in [2.24, 2.45) is 0 Å². The molecule has 0 saturated carbocycles. The van der Waals surface area contributed by atoms with Crippen molar-refractivity contribution in [3.05, 3.63) is 21.1 Å². The zero-order valence-corrected chi connectivity index (χ0v) is 10.6. The van der Waals surface area contributed by atoms with Crippen LogP contribution in [-0.4, -0.2) is 33.9 Å². The molecule has 0 unspecified atom stereocenters. The SMILES string of the molecule is CCNC(=O)CNc1nc(Cl)nc(C)c1[N+](=O)[O-]. The summed E-state index contributed by atoms with van der Waals surface area (Å²) in [6.07, 6.45) is 0. The molecule has 1 rings (SSSR count). The standard InChI is InChI=1S/C9H12ClN5O3/c1-3-11-6(16)4-12-8-7(15(17)18)5(2)13-9(10)14-8/h3-4H2,1-2H3,(H,11,16)(H,12,13,14).